The van der Waals surface area contributed by atoms with Gasteiger partial charge < -0.3 is 23.7 Å². The standard InChI is InChI=1S/C27H26F6N2O4/c1-17-22(19-8-10-21(11-9-19)39-27(31,32)33)24(38-25(36)34(2)20-12-14-37-15-13-20)35(23(17)26(28,29)30)16-18-6-4-3-5-7-18/h3-11,20H,12-16H2,1-2H3. The second-order valence-electron chi connectivity index (χ2n) is 9.12. The van der Waals surface area contributed by atoms with Gasteiger partial charge >= 0.3 is 18.6 Å². The maximum atomic E-state index is 14.4. The largest absolute Gasteiger partial charge is 0.573 e. The second-order valence-corrected chi connectivity index (χ2v) is 9.12. The van der Waals surface area contributed by atoms with Gasteiger partial charge in [-0.05, 0) is 48.6 Å². The molecular weight excluding hydrogens is 530 g/mol. The molecule has 4 rings (SSSR count). The third kappa shape index (κ3) is 6.67. The molecule has 1 aliphatic rings. The summed E-state index contributed by atoms with van der Waals surface area (Å²) in [6, 6.07) is 12.5. The number of carbonyl (C=O) groups is 1. The minimum absolute atomic E-state index is 0.0643. The summed E-state index contributed by atoms with van der Waals surface area (Å²) in [5.41, 5.74) is -0.692. The van der Waals surface area contributed by atoms with E-state index in [9.17, 15) is 31.1 Å². The quantitative estimate of drug-likeness (QED) is 0.306. The zero-order valence-electron chi connectivity index (χ0n) is 21.1. The first kappa shape index (κ1) is 28.3. The minimum Gasteiger partial charge on any atom is -0.406 e. The van der Waals surface area contributed by atoms with Crippen LogP contribution in [0.25, 0.3) is 11.1 Å². The predicted octanol–water partition coefficient (Wildman–Crippen LogP) is 7.04. The molecule has 12 heteroatoms. The van der Waals surface area contributed by atoms with E-state index in [2.05, 4.69) is 4.74 Å². The second kappa shape index (κ2) is 11.2. The fraction of sp³-hybridized carbons (Fsp3) is 0.370. The average Bonchev–Trinajstić information content (AvgIpc) is 3.15. The molecule has 0 N–H and O–H groups in total. The summed E-state index contributed by atoms with van der Waals surface area (Å²) in [6.07, 6.45) is -9.55. The normalized spacial score (nSPS) is 14.8. The van der Waals surface area contributed by atoms with Crippen LogP contribution in [0.15, 0.2) is 54.6 Å². The van der Waals surface area contributed by atoms with Crippen molar-refractivity contribution in [2.24, 2.45) is 0 Å². The number of rotatable bonds is 6. The first-order chi connectivity index (χ1) is 18.3. The Morgan fingerprint density at radius 1 is 1.00 bits per heavy atom. The molecule has 1 fully saturated rings. The van der Waals surface area contributed by atoms with Crippen LogP contribution >= 0.6 is 0 Å². The Labute approximate surface area is 220 Å². The summed E-state index contributed by atoms with van der Waals surface area (Å²) in [6.45, 7) is 1.83. The Morgan fingerprint density at radius 2 is 1.62 bits per heavy atom. The number of aromatic nitrogens is 1. The highest BCUT2D eigenvalue weighted by Gasteiger charge is 2.41. The molecule has 0 bridgehead atoms. The van der Waals surface area contributed by atoms with Crippen molar-refractivity contribution in [3.8, 4) is 22.8 Å². The molecule has 1 aliphatic heterocycles. The van der Waals surface area contributed by atoms with Gasteiger partial charge in [0.25, 0.3) is 0 Å². The van der Waals surface area contributed by atoms with Crippen LogP contribution in [0.1, 0.15) is 29.7 Å². The molecule has 0 unspecified atom stereocenters. The van der Waals surface area contributed by atoms with E-state index in [-0.39, 0.29) is 35.2 Å². The molecule has 2 aromatic carbocycles. The Morgan fingerprint density at radius 3 is 2.18 bits per heavy atom. The minimum atomic E-state index is -4.94. The molecule has 1 aromatic heterocycles. The number of alkyl halides is 6. The van der Waals surface area contributed by atoms with E-state index in [1.54, 1.807) is 30.3 Å². The molecule has 39 heavy (non-hydrogen) atoms. The van der Waals surface area contributed by atoms with Gasteiger partial charge in [-0.3, -0.25) is 0 Å². The molecular formula is C27H26F6N2O4. The Hall–Kier alpha value is -3.67. The van der Waals surface area contributed by atoms with Gasteiger partial charge in [0.1, 0.15) is 11.4 Å². The van der Waals surface area contributed by atoms with Gasteiger partial charge in [-0.15, -0.1) is 13.2 Å². The van der Waals surface area contributed by atoms with E-state index < -0.39 is 30.1 Å². The number of halogens is 6. The van der Waals surface area contributed by atoms with Crippen molar-refractivity contribution < 1.29 is 45.3 Å². The molecule has 0 radical (unpaired) electrons. The van der Waals surface area contributed by atoms with Gasteiger partial charge in [-0.1, -0.05) is 42.5 Å². The van der Waals surface area contributed by atoms with E-state index in [0.717, 1.165) is 16.7 Å². The summed E-state index contributed by atoms with van der Waals surface area (Å²) in [7, 11) is 1.50. The molecule has 0 saturated carbocycles. The lowest BCUT2D eigenvalue weighted by Gasteiger charge is -2.30. The van der Waals surface area contributed by atoms with Crippen LogP contribution in [0.4, 0.5) is 31.1 Å². The number of nitrogens with zero attached hydrogens (tertiary/aromatic N) is 2. The van der Waals surface area contributed by atoms with E-state index in [1.165, 1.54) is 31.0 Å². The first-order valence-electron chi connectivity index (χ1n) is 12.1. The van der Waals surface area contributed by atoms with Crippen LogP contribution in [0.5, 0.6) is 11.6 Å². The third-order valence-electron chi connectivity index (χ3n) is 6.50. The molecule has 0 spiro atoms. The average molecular weight is 557 g/mol. The Bertz CT molecular complexity index is 1280. The molecule has 1 amide bonds. The highest BCUT2D eigenvalue weighted by atomic mass is 19.4. The third-order valence-corrected chi connectivity index (χ3v) is 6.50. The number of benzene rings is 2. The summed E-state index contributed by atoms with van der Waals surface area (Å²) >= 11 is 0. The fourth-order valence-electron chi connectivity index (χ4n) is 4.65. The van der Waals surface area contributed by atoms with Crippen LogP contribution in [-0.2, 0) is 17.5 Å². The maximum Gasteiger partial charge on any atom is 0.573 e. The summed E-state index contributed by atoms with van der Waals surface area (Å²) in [5, 5.41) is 0. The summed E-state index contributed by atoms with van der Waals surface area (Å²) in [5.74, 6) is -0.904. The number of carbonyl (C=O) groups excluding carboxylic acids is 1. The van der Waals surface area contributed by atoms with Crippen molar-refractivity contribution >= 4 is 6.09 Å². The van der Waals surface area contributed by atoms with Gasteiger partial charge in [0.2, 0.25) is 5.88 Å². The number of hydrogen-bond donors (Lipinski definition) is 0. The lowest BCUT2D eigenvalue weighted by Crippen LogP contribution is -2.42. The molecule has 1 saturated heterocycles. The number of amides is 1. The van der Waals surface area contributed by atoms with Gasteiger partial charge in [0.15, 0.2) is 0 Å². The van der Waals surface area contributed by atoms with Crippen molar-refractivity contribution in [1.82, 2.24) is 9.47 Å². The van der Waals surface area contributed by atoms with Crippen molar-refractivity contribution in [1.29, 1.82) is 0 Å². The lowest BCUT2D eigenvalue weighted by atomic mass is 10.0. The molecule has 0 atom stereocenters. The molecule has 210 valence electrons. The van der Waals surface area contributed by atoms with Crippen molar-refractivity contribution in [3.63, 3.8) is 0 Å². The van der Waals surface area contributed by atoms with Crippen molar-refractivity contribution in [2.75, 3.05) is 20.3 Å². The van der Waals surface area contributed by atoms with Gasteiger partial charge in [0, 0.05) is 31.9 Å². The Balaban J connectivity index is 1.83. The van der Waals surface area contributed by atoms with Crippen molar-refractivity contribution in [3.05, 3.63) is 71.4 Å². The molecule has 0 aliphatic carbocycles. The van der Waals surface area contributed by atoms with Crippen LogP contribution in [0.2, 0.25) is 0 Å². The smallest absolute Gasteiger partial charge is 0.406 e. The lowest BCUT2D eigenvalue weighted by molar-refractivity contribution is -0.274. The van der Waals surface area contributed by atoms with Gasteiger partial charge in [0.05, 0.1) is 6.54 Å². The van der Waals surface area contributed by atoms with Crippen LogP contribution in [0, 0.1) is 6.92 Å². The first-order valence-corrected chi connectivity index (χ1v) is 12.1. The highest BCUT2D eigenvalue weighted by Crippen LogP contribution is 2.45. The fourth-order valence-corrected chi connectivity index (χ4v) is 4.65. The molecule has 6 nitrogen and oxygen atoms in total. The van der Waals surface area contributed by atoms with Gasteiger partial charge in [-0.2, -0.15) is 13.2 Å². The molecule has 3 aromatic rings. The van der Waals surface area contributed by atoms with Crippen molar-refractivity contribution in [2.45, 2.75) is 44.9 Å². The van der Waals surface area contributed by atoms with Gasteiger partial charge in [-0.25, -0.2) is 4.79 Å². The van der Waals surface area contributed by atoms with E-state index in [4.69, 9.17) is 9.47 Å². The van der Waals surface area contributed by atoms with Crippen LogP contribution in [-0.4, -0.2) is 48.2 Å². The number of hydrogen-bond acceptors (Lipinski definition) is 4. The van der Waals surface area contributed by atoms with E-state index >= 15 is 0 Å². The predicted molar refractivity (Wildman–Crippen MR) is 129 cm³/mol. The van der Waals surface area contributed by atoms with E-state index in [1.807, 2.05) is 0 Å². The topological polar surface area (TPSA) is 52.9 Å². The van der Waals surface area contributed by atoms with Crippen LogP contribution < -0.4 is 9.47 Å². The highest BCUT2D eigenvalue weighted by molar-refractivity contribution is 5.80. The molecule has 2 heterocycles. The number of ether oxygens (including phenoxy) is 3. The van der Waals surface area contributed by atoms with E-state index in [0.29, 0.717) is 31.6 Å². The SMILES string of the molecule is Cc1c(-c2ccc(OC(F)(F)F)cc2)c(OC(=O)N(C)C2CCOCC2)n(Cc2ccccc2)c1C(F)(F)F. The summed E-state index contributed by atoms with van der Waals surface area (Å²) < 4.78 is 97.0. The zero-order chi connectivity index (χ0) is 28.4. The maximum absolute atomic E-state index is 14.4. The summed E-state index contributed by atoms with van der Waals surface area (Å²) in [4.78, 5) is 14.5. The Kier molecular flexibility index (Phi) is 8.15. The van der Waals surface area contributed by atoms with Crippen LogP contribution in [0.3, 0.4) is 0 Å². The zero-order valence-corrected chi connectivity index (χ0v) is 21.1. The monoisotopic (exact) mass is 556 g/mol.